The van der Waals surface area contributed by atoms with Crippen LogP contribution in [0, 0.1) is 5.92 Å². The molecule has 0 radical (unpaired) electrons. The predicted molar refractivity (Wildman–Crippen MR) is 159 cm³/mol. The number of carboxylic acid groups (broad SMARTS) is 1. The van der Waals surface area contributed by atoms with Gasteiger partial charge in [0, 0.05) is 18.8 Å². The maximum atomic E-state index is 12.1. The summed E-state index contributed by atoms with van der Waals surface area (Å²) in [6.07, 6.45) is 27.5. The molecule has 2 atom stereocenters. The largest absolute Gasteiger partial charge is 0.550 e. The lowest BCUT2D eigenvalue weighted by molar-refractivity contribution is -0.873. The van der Waals surface area contributed by atoms with Crippen LogP contribution in [0.4, 0.5) is 0 Å². The van der Waals surface area contributed by atoms with Crippen LogP contribution in [0.15, 0.2) is 0 Å². The van der Waals surface area contributed by atoms with Crippen LogP contribution in [-0.2, 0) is 14.3 Å². The van der Waals surface area contributed by atoms with Crippen LogP contribution >= 0.6 is 0 Å². The van der Waals surface area contributed by atoms with E-state index < -0.39 is 12.1 Å². The summed E-state index contributed by atoms with van der Waals surface area (Å²) in [6.45, 7) is 5.21. The van der Waals surface area contributed by atoms with Crippen molar-refractivity contribution in [2.45, 2.75) is 168 Å². The number of carbonyl (C=O) groups is 2. The molecule has 0 rings (SSSR count). The molecule has 0 fully saturated rings. The van der Waals surface area contributed by atoms with Gasteiger partial charge >= 0.3 is 5.97 Å². The Hall–Kier alpha value is -1.10. The highest BCUT2D eigenvalue weighted by atomic mass is 16.5. The highest BCUT2D eigenvalue weighted by molar-refractivity contribution is 5.70. The minimum absolute atomic E-state index is 0.236. The maximum absolute atomic E-state index is 12.1. The molecule has 0 aromatic heterocycles. The fraction of sp³-hybridized carbons (Fsp3) is 0.939. The first-order valence-electron chi connectivity index (χ1n) is 16.3. The van der Waals surface area contributed by atoms with E-state index in [2.05, 4.69) is 13.8 Å². The van der Waals surface area contributed by atoms with Crippen molar-refractivity contribution < 1.29 is 23.9 Å². The molecule has 5 heteroatoms. The number of carbonyl (C=O) groups excluding carboxylic acids is 2. The van der Waals surface area contributed by atoms with E-state index in [4.69, 9.17) is 4.74 Å². The molecule has 0 aliphatic carbocycles. The minimum atomic E-state index is -1.17. The van der Waals surface area contributed by atoms with Gasteiger partial charge in [0.05, 0.1) is 21.1 Å². The van der Waals surface area contributed by atoms with Crippen LogP contribution in [0.25, 0.3) is 0 Å². The van der Waals surface area contributed by atoms with Gasteiger partial charge in [0.1, 0.15) is 6.54 Å². The van der Waals surface area contributed by atoms with Crippen LogP contribution in [0.1, 0.15) is 162 Å². The molecular formula is C33H65NO4. The van der Waals surface area contributed by atoms with Crippen molar-refractivity contribution in [1.29, 1.82) is 0 Å². The first-order chi connectivity index (χ1) is 18.1. The highest BCUT2D eigenvalue weighted by Gasteiger charge is 2.22. The fourth-order valence-electron chi connectivity index (χ4n) is 5.31. The number of hydrogen-bond acceptors (Lipinski definition) is 4. The number of esters is 1. The summed E-state index contributed by atoms with van der Waals surface area (Å²) in [4.78, 5) is 23.0. The predicted octanol–water partition coefficient (Wildman–Crippen LogP) is 7.98. The molecule has 0 amide bonds. The molecule has 0 aliphatic heterocycles. The van der Waals surface area contributed by atoms with Gasteiger partial charge in [-0.25, -0.2) is 0 Å². The molecular weight excluding hydrogens is 474 g/mol. The van der Waals surface area contributed by atoms with E-state index in [1.807, 2.05) is 21.1 Å². The Bertz CT molecular complexity index is 558. The summed E-state index contributed by atoms with van der Waals surface area (Å²) < 4.78 is 5.96. The van der Waals surface area contributed by atoms with E-state index >= 15 is 0 Å². The standard InChI is InChI=1S/C33H65NO4/c1-6-7-8-19-22-25-30(2)26-23-20-17-15-13-11-9-10-12-14-16-18-21-24-27-33(37)38-31(28-32(35)36)29-34(3,4)5/h30-31H,6-29H2,1-5H3. The van der Waals surface area contributed by atoms with Gasteiger partial charge in [-0.2, -0.15) is 0 Å². The number of aliphatic carboxylic acids is 1. The van der Waals surface area contributed by atoms with Gasteiger partial charge in [0.15, 0.2) is 6.10 Å². The zero-order valence-corrected chi connectivity index (χ0v) is 26.2. The second kappa shape index (κ2) is 24.9. The molecule has 2 unspecified atom stereocenters. The molecule has 38 heavy (non-hydrogen) atoms. The monoisotopic (exact) mass is 539 g/mol. The van der Waals surface area contributed by atoms with Crippen LogP contribution in [0.5, 0.6) is 0 Å². The van der Waals surface area contributed by atoms with Crippen LogP contribution < -0.4 is 5.11 Å². The van der Waals surface area contributed by atoms with Gasteiger partial charge in [-0.3, -0.25) is 4.79 Å². The SMILES string of the molecule is CCCCCCCC(C)CCCCCCCCCCCCCCCCC(=O)OC(CC(=O)[O-])C[N+](C)(C)C. The second-order valence-corrected chi connectivity index (χ2v) is 13.0. The van der Waals surface area contributed by atoms with Crippen molar-refractivity contribution in [3.63, 3.8) is 0 Å². The van der Waals surface area contributed by atoms with Gasteiger partial charge in [0.25, 0.3) is 0 Å². The second-order valence-electron chi connectivity index (χ2n) is 13.0. The Morgan fingerprint density at radius 1 is 0.658 bits per heavy atom. The van der Waals surface area contributed by atoms with Gasteiger partial charge < -0.3 is 19.1 Å². The van der Waals surface area contributed by atoms with Crippen molar-refractivity contribution >= 4 is 11.9 Å². The van der Waals surface area contributed by atoms with Crippen molar-refractivity contribution in [3.05, 3.63) is 0 Å². The van der Waals surface area contributed by atoms with Crippen LogP contribution in [-0.4, -0.2) is 50.2 Å². The number of hydrogen-bond donors (Lipinski definition) is 0. The summed E-state index contributed by atoms with van der Waals surface area (Å²) in [5.41, 5.74) is 0. The summed E-state index contributed by atoms with van der Waals surface area (Å²) in [7, 11) is 5.86. The Kier molecular flexibility index (Phi) is 24.2. The number of unbranched alkanes of at least 4 members (excludes halogenated alkanes) is 17. The molecule has 0 heterocycles. The molecule has 5 nitrogen and oxygen atoms in total. The summed E-state index contributed by atoms with van der Waals surface area (Å²) in [6, 6.07) is 0. The Balaban J connectivity index is 3.45. The molecule has 0 spiro atoms. The number of nitrogens with zero attached hydrogens (tertiary/aromatic N) is 1. The molecule has 0 bridgehead atoms. The van der Waals surface area contributed by atoms with Crippen molar-refractivity contribution in [1.82, 2.24) is 0 Å². The lowest BCUT2D eigenvalue weighted by atomic mass is 9.96. The first kappa shape index (κ1) is 36.9. The van der Waals surface area contributed by atoms with Crippen LogP contribution in [0.3, 0.4) is 0 Å². The van der Waals surface area contributed by atoms with E-state index in [0.717, 1.165) is 25.2 Å². The molecule has 0 aromatic rings. The quantitative estimate of drug-likeness (QED) is 0.0574. The number of rotatable bonds is 28. The average molecular weight is 540 g/mol. The zero-order chi connectivity index (χ0) is 28.5. The third kappa shape index (κ3) is 27.9. The lowest BCUT2D eigenvalue weighted by Gasteiger charge is -2.29. The number of ether oxygens (including phenoxy) is 1. The topological polar surface area (TPSA) is 66.4 Å². The normalized spacial score (nSPS) is 13.4. The van der Waals surface area contributed by atoms with E-state index in [1.165, 1.54) is 116 Å². The molecule has 0 saturated carbocycles. The summed E-state index contributed by atoms with van der Waals surface area (Å²) in [5.74, 6) is -0.533. The Morgan fingerprint density at radius 3 is 1.45 bits per heavy atom. The first-order valence-corrected chi connectivity index (χ1v) is 16.3. The molecule has 0 aliphatic rings. The Labute approximate surface area is 237 Å². The van der Waals surface area contributed by atoms with Crippen molar-refractivity contribution in [2.24, 2.45) is 5.92 Å². The van der Waals surface area contributed by atoms with E-state index in [0.29, 0.717) is 17.4 Å². The lowest BCUT2D eigenvalue weighted by Crippen LogP contribution is -2.45. The molecule has 0 aromatic carbocycles. The zero-order valence-electron chi connectivity index (χ0n) is 26.2. The maximum Gasteiger partial charge on any atom is 0.306 e. The summed E-state index contributed by atoms with van der Waals surface area (Å²) in [5, 5.41) is 10.9. The third-order valence-electron chi connectivity index (χ3n) is 7.57. The van der Waals surface area contributed by atoms with Crippen LogP contribution in [0.2, 0.25) is 0 Å². The number of likely N-dealkylation sites (N-methyl/N-ethyl adjacent to an activating group) is 1. The highest BCUT2D eigenvalue weighted by Crippen LogP contribution is 2.19. The van der Waals surface area contributed by atoms with Crippen molar-refractivity contribution in [2.75, 3.05) is 27.7 Å². The molecule has 0 saturated heterocycles. The van der Waals surface area contributed by atoms with E-state index in [-0.39, 0.29) is 12.4 Å². The average Bonchev–Trinajstić information content (AvgIpc) is 2.82. The van der Waals surface area contributed by atoms with E-state index in [1.54, 1.807) is 0 Å². The van der Waals surface area contributed by atoms with E-state index in [9.17, 15) is 14.7 Å². The number of carboxylic acids is 1. The number of quaternary nitrogens is 1. The fourth-order valence-corrected chi connectivity index (χ4v) is 5.31. The molecule has 226 valence electrons. The minimum Gasteiger partial charge on any atom is -0.550 e. The summed E-state index contributed by atoms with van der Waals surface area (Å²) >= 11 is 0. The van der Waals surface area contributed by atoms with Crippen molar-refractivity contribution in [3.8, 4) is 0 Å². The Morgan fingerprint density at radius 2 is 1.05 bits per heavy atom. The third-order valence-corrected chi connectivity index (χ3v) is 7.57. The molecule has 0 N–H and O–H groups in total. The van der Waals surface area contributed by atoms with Gasteiger partial charge in [0.2, 0.25) is 0 Å². The van der Waals surface area contributed by atoms with Gasteiger partial charge in [-0.05, 0) is 12.3 Å². The smallest absolute Gasteiger partial charge is 0.306 e. The van der Waals surface area contributed by atoms with Gasteiger partial charge in [-0.1, -0.05) is 142 Å². The van der Waals surface area contributed by atoms with Gasteiger partial charge in [-0.15, -0.1) is 0 Å².